The Labute approximate surface area is 98.5 Å². The van der Waals surface area contributed by atoms with Crippen LogP contribution in [0.25, 0.3) is 0 Å². The Hall–Kier alpha value is -2.41. The van der Waals surface area contributed by atoms with Crippen LogP contribution >= 0.6 is 0 Å². The molecule has 4 heteroatoms. The number of nitrogens with one attached hydrogen (secondary N) is 1. The molecule has 0 unspecified atom stereocenters. The van der Waals surface area contributed by atoms with Crippen LogP contribution in [-0.4, -0.2) is 4.98 Å². The van der Waals surface area contributed by atoms with Crippen molar-refractivity contribution in [3.8, 4) is 6.07 Å². The second-order valence-electron chi connectivity index (χ2n) is 3.66. The van der Waals surface area contributed by atoms with Crippen LogP contribution < -0.4 is 5.32 Å². The molecule has 84 valence electrons. The van der Waals surface area contributed by atoms with E-state index in [1.54, 1.807) is 18.5 Å². The number of hydrogen-bond donors (Lipinski definition) is 1. The summed E-state index contributed by atoms with van der Waals surface area (Å²) >= 11 is 0. The van der Waals surface area contributed by atoms with Gasteiger partial charge in [-0.15, -0.1) is 0 Å². The van der Waals surface area contributed by atoms with E-state index in [4.69, 9.17) is 5.26 Å². The van der Waals surface area contributed by atoms with Crippen molar-refractivity contribution < 1.29 is 4.39 Å². The summed E-state index contributed by atoms with van der Waals surface area (Å²) in [5, 5.41) is 11.8. The van der Waals surface area contributed by atoms with E-state index in [0.29, 0.717) is 5.69 Å². The number of aryl methyl sites for hydroxylation is 1. The maximum atomic E-state index is 13.2. The van der Waals surface area contributed by atoms with Crippen molar-refractivity contribution in [2.24, 2.45) is 0 Å². The highest BCUT2D eigenvalue weighted by molar-refractivity contribution is 5.63. The van der Waals surface area contributed by atoms with E-state index < -0.39 is 5.82 Å². The van der Waals surface area contributed by atoms with E-state index >= 15 is 0 Å². The first-order chi connectivity index (χ1) is 8.19. The second kappa shape index (κ2) is 4.62. The molecular formula is C13H10FN3. The molecule has 0 saturated heterocycles. The topological polar surface area (TPSA) is 48.7 Å². The van der Waals surface area contributed by atoms with E-state index in [1.807, 2.05) is 19.1 Å². The molecule has 0 spiro atoms. The zero-order valence-corrected chi connectivity index (χ0v) is 9.24. The molecule has 0 aliphatic heterocycles. The minimum Gasteiger partial charge on any atom is -0.354 e. The van der Waals surface area contributed by atoms with E-state index in [1.165, 1.54) is 12.1 Å². The van der Waals surface area contributed by atoms with E-state index in [0.717, 1.165) is 11.3 Å². The Balaban J connectivity index is 2.34. The molecule has 0 fully saturated rings. The number of rotatable bonds is 2. The van der Waals surface area contributed by atoms with Crippen molar-refractivity contribution in [2.75, 3.05) is 5.32 Å². The molecule has 0 aliphatic carbocycles. The van der Waals surface area contributed by atoms with Crippen LogP contribution in [0.1, 0.15) is 11.1 Å². The summed E-state index contributed by atoms with van der Waals surface area (Å²) in [4.78, 5) is 3.99. The van der Waals surface area contributed by atoms with Crippen molar-refractivity contribution in [2.45, 2.75) is 6.92 Å². The number of benzene rings is 1. The fourth-order valence-corrected chi connectivity index (χ4v) is 1.48. The number of halogens is 1. The highest BCUT2D eigenvalue weighted by Gasteiger charge is 2.02. The molecule has 0 bridgehead atoms. The Bertz CT molecular complexity index is 587. The van der Waals surface area contributed by atoms with E-state index in [9.17, 15) is 4.39 Å². The molecule has 2 rings (SSSR count). The standard InChI is InChI=1S/C13H10FN3/c1-9-2-3-16-8-13(9)17-12-5-10(7-15)4-11(14)6-12/h2-6,8,17H,1H3. The van der Waals surface area contributed by atoms with Gasteiger partial charge in [0.25, 0.3) is 0 Å². The van der Waals surface area contributed by atoms with Crippen LogP contribution in [0.5, 0.6) is 0 Å². The lowest BCUT2D eigenvalue weighted by Gasteiger charge is -2.08. The predicted octanol–water partition coefficient (Wildman–Crippen LogP) is 3.14. The van der Waals surface area contributed by atoms with Crippen molar-refractivity contribution in [1.82, 2.24) is 4.98 Å². The lowest BCUT2D eigenvalue weighted by molar-refractivity contribution is 0.628. The first-order valence-electron chi connectivity index (χ1n) is 5.07. The fraction of sp³-hybridized carbons (Fsp3) is 0.0769. The Kier molecular flexibility index (Phi) is 3.01. The first kappa shape index (κ1) is 11.1. The molecule has 1 aromatic heterocycles. The summed E-state index contributed by atoms with van der Waals surface area (Å²) < 4.78 is 13.2. The third kappa shape index (κ3) is 2.58. The molecule has 0 saturated carbocycles. The van der Waals surface area contributed by atoms with Gasteiger partial charge in [-0.05, 0) is 36.8 Å². The fourth-order valence-electron chi connectivity index (χ4n) is 1.48. The smallest absolute Gasteiger partial charge is 0.126 e. The van der Waals surface area contributed by atoms with Gasteiger partial charge in [0.1, 0.15) is 5.82 Å². The monoisotopic (exact) mass is 227 g/mol. The number of anilines is 2. The van der Waals surface area contributed by atoms with Crippen LogP contribution in [0.15, 0.2) is 36.7 Å². The average Bonchev–Trinajstić information content (AvgIpc) is 2.31. The third-order valence-corrected chi connectivity index (χ3v) is 2.34. The molecule has 1 N–H and O–H groups in total. The van der Waals surface area contributed by atoms with Gasteiger partial charge in [0.15, 0.2) is 0 Å². The molecule has 1 heterocycles. The summed E-state index contributed by atoms with van der Waals surface area (Å²) in [5.41, 5.74) is 2.62. The van der Waals surface area contributed by atoms with Gasteiger partial charge in [-0.25, -0.2) is 4.39 Å². The molecule has 2 aromatic rings. The molecule has 0 amide bonds. The van der Waals surface area contributed by atoms with Gasteiger partial charge in [-0.2, -0.15) is 5.26 Å². The van der Waals surface area contributed by atoms with Gasteiger partial charge in [-0.1, -0.05) is 0 Å². The normalized spacial score (nSPS) is 9.71. The number of hydrogen-bond acceptors (Lipinski definition) is 3. The molecule has 0 atom stereocenters. The summed E-state index contributed by atoms with van der Waals surface area (Å²) in [6.07, 6.45) is 3.35. The quantitative estimate of drug-likeness (QED) is 0.857. The third-order valence-electron chi connectivity index (χ3n) is 2.34. The maximum absolute atomic E-state index is 13.2. The van der Waals surface area contributed by atoms with Gasteiger partial charge in [0.05, 0.1) is 23.5 Å². The molecular weight excluding hydrogens is 217 g/mol. The lowest BCUT2D eigenvalue weighted by atomic mass is 10.2. The molecule has 17 heavy (non-hydrogen) atoms. The van der Waals surface area contributed by atoms with E-state index in [-0.39, 0.29) is 5.56 Å². The minimum atomic E-state index is -0.437. The summed E-state index contributed by atoms with van der Waals surface area (Å²) in [6.45, 7) is 1.93. The van der Waals surface area contributed by atoms with Gasteiger partial charge in [0.2, 0.25) is 0 Å². The summed E-state index contributed by atoms with van der Waals surface area (Å²) in [7, 11) is 0. The van der Waals surface area contributed by atoms with Crippen molar-refractivity contribution in [3.05, 3.63) is 53.6 Å². The second-order valence-corrected chi connectivity index (χ2v) is 3.66. The van der Waals surface area contributed by atoms with Crippen LogP contribution in [-0.2, 0) is 0 Å². The van der Waals surface area contributed by atoms with Crippen LogP contribution in [0, 0.1) is 24.1 Å². The first-order valence-corrected chi connectivity index (χ1v) is 5.07. The van der Waals surface area contributed by atoms with Crippen molar-refractivity contribution >= 4 is 11.4 Å². The van der Waals surface area contributed by atoms with Gasteiger partial charge in [0, 0.05) is 11.9 Å². The van der Waals surface area contributed by atoms with Gasteiger partial charge >= 0.3 is 0 Å². The molecule has 1 aromatic carbocycles. The SMILES string of the molecule is Cc1ccncc1Nc1cc(F)cc(C#N)c1. The maximum Gasteiger partial charge on any atom is 0.126 e. The zero-order valence-electron chi connectivity index (χ0n) is 9.24. The largest absolute Gasteiger partial charge is 0.354 e. The average molecular weight is 227 g/mol. The molecule has 3 nitrogen and oxygen atoms in total. The van der Waals surface area contributed by atoms with Gasteiger partial charge in [-0.3, -0.25) is 4.98 Å². The summed E-state index contributed by atoms with van der Waals surface area (Å²) in [5.74, 6) is -0.437. The minimum absolute atomic E-state index is 0.286. The highest BCUT2D eigenvalue weighted by atomic mass is 19.1. The van der Waals surface area contributed by atoms with Crippen LogP contribution in [0.4, 0.5) is 15.8 Å². The zero-order chi connectivity index (χ0) is 12.3. The van der Waals surface area contributed by atoms with Gasteiger partial charge < -0.3 is 5.32 Å². The summed E-state index contributed by atoms with van der Waals surface area (Å²) in [6, 6.07) is 7.90. The number of aromatic nitrogens is 1. The van der Waals surface area contributed by atoms with E-state index in [2.05, 4.69) is 10.3 Å². The number of nitrogens with zero attached hydrogens (tertiary/aromatic N) is 2. The Morgan fingerprint density at radius 2 is 2.18 bits per heavy atom. The number of nitriles is 1. The predicted molar refractivity (Wildman–Crippen MR) is 63.4 cm³/mol. The Morgan fingerprint density at radius 3 is 2.88 bits per heavy atom. The molecule has 0 radical (unpaired) electrons. The molecule has 0 aliphatic rings. The van der Waals surface area contributed by atoms with Crippen molar-refractivity contribution in [3.63, 3.8) is 0 Å². The van der Waals surface area contributed by atoms with Crippen LogP contribution in [0.2, 0.25) is 0 Å². The lowest BCUT2D eigenvalue weighted by Crippen LogP contribution is -1.95. The number of pyridine rings is 1. The van der Waals surface area contributed by atoms with Crippen molar-refractivity contribution in [1.29, 1.82) is 5.26 Å². The Morgan fingerprint density at radius 1 is 1.35 bits per heavy atom. The van der Waals surface area contributed by atoms with Crippen LogP contribution in [0.3, 0.4) is 0 Å². The highest BCUT2D eigenvalue weighted by Crippen LogP contribution is 2.21.